The lowest BCUT2D eigenvalue weighted by molar-refractivity contribution is 0.124. The van der Waals surface area contributed by atoms with Gasteiger partial charge >= 0.3 is 0 Å². The number of aromatic nitrogens is 2. The van der Waals surface area contributed by atoms with Gasteiger partial charge in [0.25, 0.3) is 5.88 Å². The summed E-state index contributed by atoms with van der Waals surface area (Å²) >= 11 is 0. The topological polar surface area (TPSA) is 75.6 Å². The van der Waals surface area contributed by atoms with Gasteiger partial charge in [0.2, 0.25) is 10.0 Å². The molecule has 1 aliphatic heterocycles. The Hall–Kier alpha value is -2.33. The molecule has 1 aromatic carbocycles. The summed E-state index contributed by atoms with van der Waals surface area (Å²) in [5, 5.41) is 0. The van der Waals surface area contributed by atoms with Crippen LogP contribution < -0.4 is 9.64 Å². The Morgan fingerprint density at radius 3 is 2.70 bits per heavy atom. The number of hydrogen-bond acceptors (Lipinski definition) is 6. The van der Waals surface area contributed by atoms with E-state index in [0.717, 1.165) is 16.4 Å². The van der Waals surface area contributed by atoms with Gasteiger partial charge in [-0.1, -0.05) is 0 Å². The fourth-order valence-electron chi connectivity index (χ4n) is 2.90. The molecule has 0 amide bonds. The van der Waals surface area contributed by atoms with Crippen LogP contribution in [0.1, 0.15) is 12.8 Å². The van der Waals surface area contributed by atoms with Gasteiger partial charge in [-0.3, -0.25) is 0 Å². The summed E-state index contributed by atoms with van der Waals surface area (Å²) in [6.07, 6.45) is 3.69. The number of anilines is 1. The summed E-state index contributed by atoms with van der Waals surface area (Å²) < 4.78 is 59.9. The predicted molar refractivity (Wildman–Crippen MR) is 95.1 cm³/mol. The number of rotatable bonds is 5. The molecular formula is C17H20F2N4O3S. The van der Waals surface area contributed by atoms with Crippen molar-refractivity contribution in [1.82, 2.24) is 14.3 Å². The maximum absolute atomic E-state index is 14.0. The Bertz CT molecular complexity index is 924. The van der Waals surface area contributed by atoms with E-state index in [1.807, 2.05) is 0 Å². The second kappa shape index (κ2) is 7.73. The summed E-state index contributed by atoms with van der Waals surface area (Å²) in [4.78, 5) is 9.42. The first-order chi connectivity index (χ1) is 12.8. The lowest BCUT2D eigenvalue weighted by Gasteiger charge is -2.32. The van der Waals surface area contributed by atoms with E-state index >= 15 is 0 Å². The molecule has 1 aliphatic rings. The van der Waals surface area contributed by atoms with Crippen molar-refractivity contribution < 1.29 is 21.9 Å². The Balaban J connectivity index is 1.81. The third-order valence-corrected chi connectivity index (χ3v) is 6.08. The molecule has 146 valence electrons. The van der Waals surface area contributed by atoms with E-state index in [-0.39, 0.29) is 13.1 Å². The van der Waals surface area contributed by atoms with Crippen molar-refractivity contribution in [2.45, 2.75) is 23.8 Å². The lowest BCUT2D eigenvalue weighted by atomic mass is 10.1. The minimum absolute atomic E-state index is 0.0156. The van der Waals surface area contributed by atoms with Crippen LogP contribution in [-0.4, -0.2) is 56.0 Å². The first kappa shape index (κ1) is 19.4. The molecule has 7 nitrogen and oxygen atoms in total. The van der Waals surface area contributed by atoms with Crippen molar-refractivity contribution in [3.8, 4) is 5.88 Å². The van der Waals surface area contributed by atoms with Gasteiger partial charge in [0.1, 0.15) is 22.6 Å². The number of piperidine rings is 1. The van der Waals surface area contributed by atoms with Crippen molar-refractivity contribution in [3.63, 3.8) is 0 Å². The summed E-state index contributed by atoms with van der Waals surface area (Å²) in [5.74, 6) is -0.976. The van der Waals surface area contributed by atoms with Crippen molar-refractivity contribution in [2.24, 2.45) is 0 Å². The van der Waals surface area contributed by atoms with E-state index in [9.17, 15) is 17.2 Å². The number of benzene rings is 1. The molecule has 1 aromatic heterocycles. The van der Waals surface area contributed by atoms with E-state index < -0.39 is 32.7 Å². The Kier molecular flexibility index (Phi) is 5.56. The van der Waals surface area contributed by atoms with Crippen LogP contribution in [0.15, 0.2) is 35.5 Å². The van der Waals surface area contributed by atoms with Gasteiger partial charge < -0.3 is 9.64 Å². The zero-order valence-corrected chi connectivity index (χ0v) is 15.8. The van der Waals surface area contributed by atoms with Crippen LogP contribution in [0, 0.1) is 11.6 Å². The molecule has 2 heterocycles. The molecule has 2 aromatic rings. The van der Waals surface area contributed by atoms with Crippen LogP contribution in [0.5, 0.6) is 5.88 Å². The molecule has 1 atom stereocenters. The van der Waals surface area contributed by atoms with E-state index in [0.29, 0.717) is 30.6 Å². The smallest absolute Gasteiger partial charge is 0.257 e. The standard InChI is InChI=1S/C17H20F2N4O3S/c1-22(2)16-17(21-8-7-20-16)26-13-4-3-9-23(11-13)27(24,25)15-10-12(18)5-6-14(15)19/h5-8,10,13H,3-4,9,11H2,1-2H3. The summed E-state index contributed by atoms with van der Waals surface area (Å²) in [7, 11) is -0.589. The fraction of sp³-hybridized carbons (Fsp3) is 0.412. The van der Waals surface area contributed by atoms with Gasteiger partial charge in [0, 0.05) is 33.0 Å². The van der Waals surface area contributed by atoms with Gasteiger partial charge in [0.15, 0.2) is 5.82 Å². The maximum atomic E-state index is 14.0. The highest BCUT2D eigenvalue weighted by atomic mass is 32.2. The molecule has 3 rings (SSSR count). The minimum Gasteiger partial charge on any atom is -0.470 e. The monoisotopic (exact) mass is 398 g/mol. The van der Waals surface area contributed by atoms with Gasteiger partial charge in [-0.05, 0) is 31.0 Å². The quantitative estimate of drug-likeness (QED) is 0.767. The molecule has 27 heavy (non-hydrogen) atoms. The van der Waals surface area contributed by atoms with Crippen LogP contribution in [0.4, 0.5) is 14.6 Å². The van der Waals surface area contributed by atoms with Crippen molar-refractivity contribution in [2.75, 3.05) is 32.1 Å². The Morgan fingerprint density at radius 2 is 1.96 bits per heavy atom. The van der Waals surface area contributed by atoms with Crippen LogP contribution >= 0.6 is 0 Å². The number of ether oxygens (including phenoxy) is 1. The first-order valence-corrected chi connectivity index (χ1v) is 9.83. The maximum Gasteiger partial charge on any atom is 0.257 e. The van der Waals surface area contributed by atoms with E-state index in [4.69, 9.17) is 4.74 Å². The number of sulfonamides is 1. The zero-order chi connectivity index (χ0) is 19.6. The normalized spacial score (nSPS) is 18.3. The van der Waals surface area contributed by atoms with Gasteiger partial charge in [-0.2, -0.15) is 4.31 Å². The Morgan fingerprint density at radius 1 is 1.22 bits per heavy atom. The molecular weight excluding hydrogens is 378 g/mol. The van der Waals surface area contributed by atoms with E-state index in [2.05, 4.69) is 9.97 Å². The SMILES string of the molecule is CN(C)c1nccnc1OC1CCCN(S(=O)(=O)c2cc(F)ccc2F)C1. The lowest BCUT2D eigenvalue weighted by Crippen LogP contribution is -2.44. The van der Waals surface area contributed by atoms with Crippen LogP contribution in [0.3, 0.4) is 0 Å². The number of nitrogens with zero attached hydrogens (tertiary/aromatic N) is 4. The zero-order valence-electron chi connectivity index (χ0n) is 15.0. The molecule has 0 bridgehead atoms. The van der Waals surface area contributed by atoms with Crippen molar-refractivity contribution in [1.29, 1.82) is 0 Å². The van der Waals surface area contributed by atoms with Crippen LogP contribution in [0.2, 0.25) is 0 Å². The molecule has 0 aliphatic carbocycles. The average Bonchev–Trinajstić information content (AvgIpc) is 2.64. The first-order valence-electron chi connectivity index (χ1n) is 8.39. The molecule has 0 spiro atoms. The van der Waals surface area contributed by atoms with Gasteiger partial charge in [-0.25, -0.2) is 27.2 Å². The molecule has 10 heteroatoms. The summed E-state index contributed by atoms with van der Waals surface area (Å²) in [6.45, 7) is 0.223. The molecule has 0 radical (unpaired) electrons. The molecule has 1 saturated heterocycles. The summed E-state index contributed by atoms with van der Waals surface area (Å²) in [5.41, 5.74) is 0. The molecule has 1 fully saturated rings. The van der Waals surface area contributed by atoms with E-state index in [1.54, 1.807) is 19.0 Å². The second-order valence-corrected chi connectivity index (χ2v) is 8.31. The van der Waals surface area contributed by atoms with Crippen LogP contribution in [0.25, 0.3) is 0 Å². The largest absolute Gasteiger partial charge is 0.470 e. The minimum atomic E-state index is -4.17. The van der Waals surface area contributed by atoms with E-state index in [1.165, 1.54) is 12.4 Å². The number of halogens is 2. The molecule has 0 N–H and O–H groups in total. The third kappa shape index (κ3) is 4.16. The van der Waals surface area contributed by atoms with Gasteiger partial charge in [0.05, 0.1) is 6.54 Å². The highest BCUT2D eigenvalue weighted by Crippen LogP contribution is 2.27. The van der Waals surface area contributed by atoms with Gasteiger partial charge in [-0.15, -0.1) is 0 Å². The third-order valence-electron chi connectivity index (χ3n) is 4.20. The van der Waals surface area contributed by atoms with Crippen LogP contribution in [-0.2, 0) is 10.0 Å². The van der Waals surface area contributed by atoms with Crippen molar-refractivity contribution in [3.05, 3.63) is 42.2 Å². The highest BCUT2D eigenvalue weighted by Gasteiger charge is 2.33. The second-order valence-electron chi connectivity index (χ2n) is 6.40. The highest BCUT2D eigenvalue weighted by molar-refractivity contribution is 7.89. The fourth-order valence-corrected chi connectivity index (χ4v) is 4.49. The molecule has 1 unspecified atom stereocenters. The van der Waals surface area contributed by atoms with Crippen molar-refractivity contribution >= 4 is 15.8 Å². The molecule has 0 saturated carbocycles. The Labute approximate surface area is 156 Å². The summed E-state index contributed by atoms with van der Waals surface area (Å²) in [6, 6.07) is 2.39. The predicted octanol–water partition coefficient (Wildman–Crippen LogP) is 2.05. The average molecular weight is 398 g/mol. The number of hydrogen-bond donors (Lipinski definition) is 0.